The van der Waals surface area contributed by atoms with Crippen LogP contribution in [0.3, 0.4) is 0 Å². The summed E-state index contributed by atoms with van der Waals surface area (Å²) < 4.78 is 52.3. The first kappa shape index (κ1) is 71.6. The second-order valence-corrected chi connectivity index (χ2v) is 28.5. The number of aliphatic hydroxyl groups is 1. The van der Waals surface area contributed by atoms with Crippen molar-refractivity contribution in [3.63, 3.8) is 0 Å². The Balaban J connectivity index is 1.21. The first-order chi connectivity index (χ1) is 39.2. The summed E-state index contributed by atoms with van der Waals surface area (Å²) in [4.78, 5) is 161. The van der Waals surface area contributed by atoms with E-state index in [0.29, 0.717) is 38.0 Å². The molecular formula is C44H68N9O25P3S3. The number of aliphatic hydroxyl groups excluding tert-OH is 1. The van der Waals surface area contributed by atoms with E-state index in [1.807, 2.05) is 24.1 Å². The Morgan fingerprint density at radius 3 is 2.24 bits per heavy atom. The van der Waals surface area contributed by atoms with Crippen LogP contribution in [-0.2, 0) is 65.1 Å². The summed E-state index contributed by atoms with van der Waals surface area (Å²) in [6.07, 6.45) is -1.84. The van der Waals surface area contributed by atoms with Gasteiger partial charge in [-0.25, -0.2) is 28.1 Å². The first-order valence-corrected chi connectivity index (χ1v) is 33.6. The highest BCUT2D eigenvalue weighted by molar-refractivity contribution is 8.77. The normalized spacial score (nSPS) is 21.8. The molecule has 34 nitrogen and oxygen atoms in total. The highest BCUT2D eigenvalue weighted by atomic mass is 33.1. The number of ether oxygens (including phenoxy) is 1. The van der Waals surface area contributed by atoms with Crippen LogP contribution in [0.15, 0.2) is 15.8 Å². The number of phosphoric ester groups is 1. The van der Waals surface area contributed by atoms with E-state index >= 15 is 0 Å². The Morgan fingerprint density at radius 1 is 0.857 bits per heavy atom. The fourth-order valence-electron chi connectivity index (χ4n) is 8.30. The minimum absolute atomic E-state index is 0.0221. The first-order valence-electron chi connectivity index (χ1n) is 25.7. The molecular weight excluding hydrogens is 1240 g/mol. The lowest BCUT2D eigenvalue weighted by Crippen LogP contribution is -2.52. The van der Waals surface area contributed by atoms with Crippen LogP contribution in [0.1, 0.15) is 103 Å². The summed E-state index contributed by atoms with van der Waals surface area (Å²) in [5.74, 6) is -0.853. The third kappa shape index (κ3) is 26.0. The van der Waals surface area contributed by atoms with Crippen LogP contribution in [0.5, 0.6) is 0 Å². The van der Waals surface area contributed by atoms with Gasteiger partial charge >= 0.3 is 53.1 Å². The highest BCUT2D eigenvalue weighted by Gasteiger charge is 2.44. The molecule has 4 rings (SSSR count). The third-order valence-electron chi connectivity index (χ3n) is 12.3. The number of carboxylic acids is 3. The van der Waals surface area contributed by atoms with Crippen molar-refractivity contribution in [1.29, 1.82) is 0 Å². The Labute approximate surface area is 490 Å². The van der Waals surface area contributed by atoms with E-state index < -0.39 is 120 Å². The number of carbonyl (C=O) groups excluding carboxylic acids is 5. The SMILES string of the molecule is CC(C)(CCC(NCCCC1SC[C@@H]2NC(=O)NC12)C(=O)NCCCCCC(=O)NC(CC(=O)O)C(=O)NC(CC(=O)O)C(=O)O)SSCCC(=O)NCC#Cc1cn(C2CC(O)C(COP(=O)(O)OP(=O)(O)OP(=O)(O)O)O2)c(=O)[nH]c1=O. The largest absolute Gasteiger partial charge is 0.490 e. The zero-order chi connectivity index (χ0) is 62.6. The number of aliphatic carboxylic acids is 3. The van der Waals surface area contributed by atoms with Crippen LogP contribution in [-0.4, -0.2) is 187 Å². The van der Waals surface area contributed by atoms with Crippen molar-refractivity contribution in [3.8, 4) is 11.8 Å². The second kappa shape index (κ2) is 33.3. The minimum atomic E-state index is -5.82. The standard InChI is InChI=1S/C44H68N9O25P3S3/c1-44(2,84-83-17-12-32(55)46-16-6-8-24-21-53(43(67)52-38(24)61)34-20-29(54)30(76-34)22-75-80(71,72)78-81(73,74)77-79(68,69)70)13-11-25(45-15-7-9-31-37-28(23-82-31)50-42(66)51-37)39(62)47-14-5-3-4-10-33(56)48-26(18-35(57)58)40(63)49-27(41(64)65)19-36(59)60/h21,25-31,34,37,45,54H,3-5,7,9-20,22-23H2,1-2H3,(H,46,55)(H,47,62)(H,48,56)(H,49,63)(H,57,58)(H,59,60)(H,64,65)(H,71,72)(H,73,74)(H2,50,51,66)(H,52,61,67)(H2,68,69,70)/t25?,26?,27?,28-,29?,30?,31?,34?,37?/m0/s1. The van der Waals surface area contributed by atoms with Gasteiger partial charge in [-0.2, -0.15) is 20.4 Å². The van der Waals surface area contributed by atoms with Crippen molar-refractivity contribution in [3.05, 3.63) is 32.6 Å². The van der Waals surface area contributed by atoms with Crippen LogP contribution < -0.4 is 48.5 Å². The predicted molar refractivity (Wildman–Crippen MR) is 298 cm³/mol. The van der Waals surface area contributed by atoms with Crippen molar-refractivity contribution in [2.24, 2.45) is 0 Å². The molecule has 1 aromatic heterocycles. The molecule has 0 aromatic carbocycles. The predicted octanol–water partition coefficient (Wildman–Crippen LogP) is -1.09. The van der Waals surface area contributed by atoms with Gasteiger partial charge in [0.1, 0.15) is 30.0 Å². The number of aromatic amines is 1. The Bertz CT molecular complexity index is 2870. The van der Waals surface area contributed by atoms with Gasteiger partial charge < -0.3 is 82.0 Å². The number of fused-ring (bicyclic) bond motifs is 1. The molecule has 4 heterocycles. The van der Waals surface area contributed by atoms with E-state index in [1.54, 1.807) is 11.8 Å². The smallest absolute Gasteiger partial charge is 0.481 e. The van der Waals surface area contributed by atoms with E-state index in [2.05, 4.69) is 56.9 Å². The topological polar surface area (TPSA) is 526 Å². The Kier molecular flexibility index (Phi) is 28.4. The molecule has 3 aliphatic heterocycles. The maximum Gasteiger partial charge on any atom is 0.490 e. The van der Waals surface area contributed by atoms with E-state index in [9.17, 15) is 86.7 Å². The number of H-pyrrole nitrogens is 1. The molecule has 1 aromatic rings. The number of phosphoric acid groups is 3. The van der Waals surface area contributed by atoms with Crippen LogP contribution in [0, 0.1) is 11.8 Å². The Hall–Kier alpha value is -4.86. The van der Waals surface area contributed by atoms with Crippen LogP contribution in [0.25, 0.3) is 0 Å². The van der Waals surface area contributed by atoms with Gasteiger partial charge in [0.25, 0.3) is 5.56 Å². The number of unbranched alkanes of at least 4 members (excludes halogenated alkanes) is 2. The number of nitrogens with one attached hydrogen (secondary N) is 8. The second-order valence-electron chi connectivity index (χ2n) is 19.6. The van der Waals surface area contributed by atoms with Gasteiger partial charge in [-0.15, -0.1) is 0 Å². The van der Waals surface area contributed by atoms with E-state index in [1.165, 1.54) is 21.6 Å². The van der Waals surface area contributed by atoms with Gasteiger partial charge in [-0.3, -0.25) is 47.6 Å². The van der Waals surface area contributed by atoms with Crippen molar-refractivity contribution in [2.45, 2.75) is 150 Å². The van der Waals surface area contributed by atoms with Crippen molar-refractivity contribution in [1.82, 2.24) is 46.8 Å². The molecule has 0 saturated carbocycles. The number of hydrogen-bond acceptors (Lipinski definition) is 22. The highest BCUT2D eigenvalue weighted by Crippen LogP contribution is 2.66. The molecule has 472 valence electrons. The van der Waals surface area contributed by atoms with Crippen molar-refractivity contribution >= 4 is 104 Å². The van der Waals surface area contributed by atoms with Crippen molar-refractivity contribution < 1.29 is 110 Å². The summed E-state index contributed by atoms with van der Waals surface area (Å²) in [6, 6.07) is -4.23. The van der Waals surface area contributed by atoms with Gasteiger partial charge in [0, 0.05) is 53.5 Å². The number of carbonyl (C=O) groups is 8. The average molecular weight is 1310 g/mol. The van der Waals surface area contributed by atoms with Gasteiger partial charge in [0.05, 0.1) is 50.2 Å². The van der Waals surface area contributed by atoms with Gasteiger partial charge in [-0.1, -0.05) is 39.8 Å². The molecule has 11 atom stereocenters. The number of hydrogen-bond donors (Lipinski definition) is 16. The van der Waals surface area contributed by atoms with E-state index in [4.69, 9.17) is 19.6 Å². The van der Waals surface area contributed by atoms with Gasteiger partial charge in [-0.05, 0) is 58.9 Å². The summed E-state index contributed by atoms with van der Waals surface area (Å²) in [7, 11) is -14.1. The molecule has 84 heavy (non-hydrogen) atoms. The van der Waals surface area contributed by atoms with Gasteiger partial charge in [0.15, 0.2) is 0 Å². The monoisotopic (exact) mass is 1310 g/mol. The number of nitrogens with zero attached hydrogens (tertiary/aromatic N) is 1. The lowest BCUT2D eigenvalue weighted by atomic mass is 10.0. The number of urea groups is 1. The average Bonchev–Trinajstić information content (AvgIpc) is 2.48. The molecule has 16 N–H and O–H groups in total. The molecule has 0 bridgehead atoms. The third-order valence-corrected chi connectivity index (χ3v) is 21.0. The van der Waals surface area contributed by atoms with E-state index in [0.717, 1.165) is 29.4 Å². The zero-order valence-electron chi connectivity index (χ0n) is 45.0. The van der Waals surface area contributed by atoms with Crippen LogP contribution in [0.4, 0.5) is 4.79 Å². The molecule has 3 saturated heterocycles. The Morgan fingerprint density at radius 2 is 1.56 bits per heavy atom. The maximum absolute atomic E-state index is 13.6. The number of aromatic nitrogens is 2. The quantitative estimate of drug-likeness (QED) is 0.0124. The lowest BCUT2D eigenvalue weighted by Gasteiger charge is -2.26. The number of carboxylic acid groups (broad SMARTS) is 3. The van der Waals surface area contributed by atoms with Crippen molar-refractivity contribution in [2.75, 3.05) is 37.7 Å². The van der Waals surface area contributed by atoms with E-state index in [-0.39, 0.29) is 84.3 Å². The molecule has 3 aliphatic rings. The molecule has 6 amide bonds. The summed E-state index contributed by atoms with van der Waals surface area (Å²) in [6.45, 7) is 3.53. The summed E-state index contributed by atoms with van der Waals surface area (Å²) >= 11 is 1.78. The molecule has 40 heteroatoms. The fourth-order valence-corrected chi connectivity index (χ4v) is 15.5. The number of thioether (sulfide) groups is 1. The molecule has 0 radical (unpaired) electrons. The fraction of sp³-hybridized carbons (Fsp3) is 0.682. The molecule has 10 unspecified atom stereocenters. The lowest BCUT2D eigenvalue weighted by molar-refractivity contribution is -0.148. The zero-order valence-corrected chi connectivity index (χ0v) is 50.2. The van der Waals surface area contributed by atoms with Gasteiger partial charge in [0.2, 0.25) is 23.6 Å². The molecule has 0 spiro atoms. The maximum atomic E-state index is 13.6. The molecule has 3 fully saturated rings. The van der Waals surface area contributed by atoms with Crippen LogP contribution >= 0.6 is 56.8 Å². The summed E-state index contributed by atoms with van der Waals surface area (Å²) in [5.41, 5.74) is -2.16. The minimum Gasteiger partial charge on any atom is -0.481 e. The molecule has 0 aliphatic carbocycles. The van der Waals surface area contributed by atoms with Crippen LogP contribution in [0.2, 0.25) is 0 Å². The summed E-state index contributed by atoms with van der Waals surface area (Å²) in [5, 5.41) is 57.1. The number of amides is 6. The number of rotatable bonds is 37.